The second-order valence-corrected chi connectivity index (χ2v) is 7.75. The molecule has 0 radical (unpaired) electrons. The van der Waals surface area contributed by atoms with Crippen molar-refractivity contribution in [3.05, 3.63) is 18.0 Å². The SMILES string of the molecule is CC(C)(C)C1CC12CN(c1c(N)cncc1C(F)(F)F)CCN2. The fraction of sp³-hybridized carbons (Fsp3) is 0.688. The first-order valence-corrected chi connectivity index (χ1v) is 7.85. The third-order valence-electron chi connectivity index (χ3n) is 5.02. The third kappa shape index (κ3) is 2.86. The molecule has 1 aliphatic heterocycles. The molecule has 1 aromatic rings. The molecule has 7 heteroatoms. The summed E-state index contributed by atoms with van der Waals surface area (Å²) in [6.45, 7) is 8.24. The Hall–Kier alpha value is -1.50. The molecular formula is C16H23F3N4. The number of aromatic nitrogens is 1. The van der Waals surface area contributed by atoms with Crippen LogP contribution in [0.5, 0.6) is 0 Å². The van der Waals surface area contributed by atoms with Gasteiger partial charge in [0.15, 0.2) is 0 Å². The molecule has 0 aromatic carbocycles. The Morgan fingerprint density at radius 2 is 2.00 bits per heavy atom. The van der Waals surface area contributed by atoms with Crippen LogP contribution in [0.1, 0.15) is 32.8 Å². The maximum Gasteiger partial charge on any atom is 0.419 e. The number of nitrogen functional groups attached to an aromatic ring is 1. The Morgan fingerprint density at radius 3 is 2.57 bits per heavy atom. The summed E-state index contributed by atoms with van der Waals surface area (Å²) in [5.41, 5.74) is 5.30. The lowest BCUT2D eigenvalue weighted by molar-refractivity contribution is -0.137. The van der Waals surface area contributed by atoms with Gasteiger partial charge in [-0.1, -0.05) is 20.8 Å². The molecule has 1 saturated carbocycles. The van der Waals surface area contributed by atoms with E-state index in [1.165, 1.54) is 6.20 Å². The van der Waals surface area contributed by atoms with Crippen LogP contribution in [-0.4, -0.2) is 30.2 Å². The van der Waals surface area contributed by atoms with Crippen molar-refractivity contribution in [3.63, 3.8) is 0 Å². The summed E-state index contributed by atoms with van der Waals surface area (Å²) in [5, 5.41) is 3.52. The third-order valence-corrected chi connectivity index (χ3v) is 5.02. The zero-order chi connectivity index (χ0) is 17.0. The van der Waals surface area contributed by atoms with Gasteiger partial charge in [0.2, 0.25) is 0 Å². The van der Waals surface area contributed by atoms with Crippen molar-refractivity contribution in [3.8, 4) is 0 Å². The average Bonchev–Trinajstić information content (AvgIpc) is 3.11. The van der Waals surface area contributed by atoms with Crippen molar-refractivity contribution in [1.82, 2.24) is 10.3 Å². The Balaban J connectivity index is 1.92. The van der Waals surface area contributed by atoms with Gasteiger partial charge < -0.3 is 16.0 Å². The maximum atomic E-state index is 13.3. The van der Waals surface area contributed by atoms with E-state index in [9.17, 15) is 13.2 Å². The van der Waals surface area contributed by atoms with E-state index < -0.39 is 11.7 Å². The van der Waals surface area contributed by atoms with Crippen molar-refractivity contribution in [2.45, 2.75) is 38.9 Å². The monoisotopic (exact) mass is 328 g/mol. The first kappa shape index (κ1) is 16.4. The highest BCUT2D eigenvalue weighted by Gasteiger charge is 2.60. The molecule has 23 heavy (non-hydrogen) atoms. The molecule has 4 nitrogen and oxygen atoms in total. The molecule has 3 N–H and O–H groups in total. The van der Waals surface area contributed by atoms with Gasteiger partial charge in [0.1, 0.15) is 0 Å². The Kier molecular flexibility index (Phi) is 3.55. The van der Waals surface area contributed by atoms with Gasteiger partial charge >= 0.3 is 6.18 Å². The number of alkyl halides is 3. The van der Waals surface area contributed by atoms with E-state index in [1.807, 2.05) is 0 Å². The molecule has 128 valence electrons. The Bertz CT molecular complexity index is 608. The Labute approximate surface area is 134 Å². The highest BCUT2D eigenvalue weighted by atomic mass is 19.4. The van der Waals surface area contributed by atoms with Crippen molar-refractivity contribution in [1.29, 1.82) is 0 Å². The zero-order valence-electron chi connectivity index (χ0n) is 13.7. The predicted octanol–water partition coefficient (Wildman–Crippen LogP) is 2.90. The van der Waals surface area contributed by atoms with Gasteiger partial charge in [-0.2, -0.15) is 13.2 Å². The average molecular weight is 328 g/mol. The summed E-state index contributed by atoms with van der Waals surface area (Å²) in [6.07, 6.45) is -1.30. The summed E-state index contributed by atoms with van der Waals surface area (Å²) in [6, 6.07) is 0. The highest BCUT2D eigenvalue weighted by molar-refractivity contribution is 5.71. The lowest BCUT2D eigenvalue weighted by Gasteiger charge is -2.39. The molecule has 0 amide bonds. The van der Waals surface area contributed by atoms with Crippen LogP contribution in [0.4, 0.5) is 24.5 Å². The fourth-order valence-corrected chi connectivity index (χ4v) is 3.95. The standard InChI is InChI=1S/C16H23F3N4/c1-14(2,3)12-6-15(12)9-23(5-4-22-15)13-10(16(17,18)19)7-21-8-11(13)20/h7-8,12,22H,4-6,9,20H2,1-3H3. The molecule has 1 spiro atoms. The van der Waals surface area contributed by atoms with Crippen LogP contribution in [0.25, 0.3) is 0 Å². The topological polar surface area (TPSA) is 54.2 Å². The molecule has 2 fully saturated rings. The molecule has 0 bridgehead atoms. The van der Waals surface area contributed by atoms with Crippen molar-refractivity contribution < 1.29 is 13.2 Å². The first-order chi connectivity index (χ1) is 10.5. The number of nitrogens with one attached hydrogen (secondary N) is 1. The second kappa shape index (κ2) is 5.00. The summed E-state index contributed by atoms with van der Waals surface area (Å²) in [4.78, 5) is 5.40. The number of anilines is 2. The molecular weight excluding hydrogens is 305 g/mol. The van der Waals surface area contributed by atoms with E-state index in [0.29, 0.717) is 25.6 Å². The van der Waals surface area contributed by atoms with E-state index in [0.717, 1.165) is 12.6 Å². The summed E-state index contributed by atoms with van der Waals surface area (Å²) in [7, 11) is 0. The normalized spacial score (nSPS) is 28.3. The fourth-order valence-electron chi connectivity index (χ4n) is 3.95. The quantitative estimate of drug-likeness (QED) is 0.832. The van der Waals surface area contributed by atoms with Gasteiger partial charge in [-0.25, -0.2) is 0 Å². The second-order valence-electron chi connectivity index (χ2n) is 7.75. The highest BCUT2D eigenvalue weighted by Crippen LogP contribution is 2.55. The predicted molar refractivity (Wildman–Crippen MR) is 84.2 cm³/mol. The minimum atomic E-state index is -4.46. The number of halogens is 3. The summed E-state index contributed by atoms with van der Waals surface area (Å²) >= 11 is 0. The van der Waals surface area contributed by atoms with Crippen LogP contribution >= 0.6 is 0 Å². The molecule has 2 unspecified atom stereocenters. The van der Waals surface area contributed by atoms with E-state index in [1.54, 1.807) is 4.90 Å². The lowest BCUT2D eigenvalue weighted by atomic mass is 9.86. The summed E-state index contributed by atoms with van der Waals surface area (Å²) in [5.74, 6) is 0.454. The number of piperazine rings is 1. The van der Waals surface area contributed by atoms with Gasteiger partial charge in [-0.05, 0) is 17.8 Å². The molecule has 3 rings (SSSR count). The van der Waals surface area contributed by atoms with E-state index in [4.69, 9.17) is 5.73 Å². The van der Waals surface area contributed by atoms with Gasteiger partial charge in [-0.3, -0.25) is 4.98 Å². The van der Waals surface area contributed by atoms with Crippen LogP contribution in [0.2, 0.25) is 0 Å². The van der Waals surface area contributed by atoms with E-state index >= 15 is 0 Å². The van der Waals surface area contributed by atoms with E-state index in [2.05, 4.69) is 31.1 Å². The molecule has 2 atom stereocenters. The van der Waals surface area contributed by atoms with E-state index in [-0.39, 0.29) is 22.3 Å². The number of pyridine rings is 1. The largest absolute Gasteiger partial charge is 0.419 e. The first-order valence-electron chi connectivity index (χ1n) is 7.85. The number of rotatable bonds is 1. The molecule has 2 aliphatic rings. The van der Waals surface area contributed by atoms with Crippen molar-refractivity contribution in [2.24, 2.45) is 11.3 Å². The Morgan fingerprint density at radius 1 is 1.30 bits per heavy atom. The lowest BCUT2D eigenvalue weighted by Crippen LogP contribution is -2.55. The number of hydrogen-bond donors (Lipinski definition) is 2. The van der Waals surface area contributed by atoms with Gasteiger partial charge in [0.05, 0.1) is 23.1 Å². The molecule has 1 saturated heterocycles. The van der Waals surface area contributed by atoms with Gasteiger partial charge in [0, 0.05) is 31.4 Å². The number of nitrogens with two attached hydrogens (primary N) is 1. The van der Waals surface area contributed by atoms with Crippen LogP contribution in [-0.2, 0) is 6.18 Å². The van der Waals surface area contributed by atoms with Crippen molar-refractivity contribution >= 4 is 11.4 Å². The van der Waals surface area contributed by atoms with Crippen molar-refractivity contribution in [2.75, 3.05) is 30.3 Å². The minimum absolute atomic E-state index is 0.0768. The minimum Gasteiger partial charge on any atom is -0.396 e. The number of hydrogen-bond acceptors (Lipinski definition) is 4. The van der Waals surface area contributed by atoms with Crippen LogP contribution in [0.3, 0.4) is 0 Å². The van der Waals surface area contributed by atoms with Crippen LogP contribution in [0.15, 0.2) is 12.4 Å². The van der Waals surface area contributed by atoms with Gasteiger partial charge in [-0.15, -0.1) is 0 Å². The molecule has 1 aromatic heterocycles. The molecule has 2 heterocycles. The zero-order valence-corrected chi connectivity index (χ0v) is 13.7. The smallest absolute Gasteiger partial charge is 0.396 e. The summed E-state index contributed by atoms with van der Waals surface area (Å²) < 4.78 is 40.0. The molecule has 1 aliphatic carbocycles. The number of nitrogens with zero attached hydrogens (tertiary/aromatic N) is 2. The maximum absolute atomic E-state index is 13.3. The van der Waals surface area contributed by atoms with Crippen LogP contribution in [0, 0.1) is 11.3 Å². The van der Waals surface area contributed by atoms with Crippen LogP contribution < -0.4 is 16.0 Å². The van der Waals surface area contributed by atoms with Gasteiger partial charge in [0.25, 0.3) is 0 Å².